The van der Waals surface area contributed by atoms with E-state index in [4.69, 9.17) is 11.2 Å². The van der Waals surface area contributed by atoms with E-state index in [2.05, 4.69) is 10.9 Å². The summed E-state index contributed by atoms with van der Waals surface area (Å²) in [5.74, 6) is 2.67. The molecule has 1 aliphatic rings. The molecule has 0 bridgehead atoms. The predicted molar refractivity (Wildman–Crippen MR) is 94.3 cm³/mol. The number of nitrogens with zero attached hydrogens (tertiary/aromatic N) is 1. The minimum Gasteiger partial charge on any atom is -0.616 e. The molecule has 0 aromatic carbocycles. The summed E-state index contributed by atoms with van der Waals surface area (Å²) < 4.78 is 19.9. The van der Waals surface area contributed by atoms with Crippen molar-refractivity contribution >= 4 is 11.2 Å². The Balaban J connectivity index is 2.48. The first-order valence-electron chi connectivity index (χ1n) is 7.94. The van der Waals surface area contributed by atoms with Crippen LogP contribution in [-0.2, 0) is 15.9 Å². The van der Waals surface area contributed by atoms with Gasteiger partial charge >= 0.3 is 5.69 Å². The molecule has 24 heavy (non-hydrogen) atoms. The fraction of sp³-hybridized carbons (Fsp3) is 0.647. The number of terminal acetylenes is 1. The monoisotopic (exact) mass is 352 g/mol. The first kappa shape index (κ1) is 18.8. The molecule has 1 saturated heterocycles. The standard InChI is InChI=1S/C17H24N2O4S/c1-7-17(8-2)12(24(22)16(4,5)6)9-13(23-17)19-10-11(3)14(20)18-15(19)21/h1,10,12-13H,8-9H2,2-6H3,(H,18,20,21)/t12-,13-,17-,24?/m1/s1. The summed E-state index contributed by atoms with van der Waals surface area (Å²) in [5, 5.41) is -0.392. The van der Waals surface area contributed by atoms with Gasteiger partial charge in [-0.2, -0.15) is 0 Å². The lowest BCUT2D eigenvalue weighted by atomic mass is 9.97. The van der Waals surface area contributed by atoms with Crippen LogP contribution in [-0.4, -0.2) is 29.7 Å². The Hall–Kier alpha value is -1.49. The summed E-state index contributed by atoms with van der Waals surface area (Å²) in [5.41, 5.74) is -1.57. The van der Waals surface area contributed by atoms with Gasteiger partial charge in [-0.05, 0) is 45.3 Å². The Kier molecular flexibility index (Phi) is 5.05. The topological polar surface area (TPSA) is 87.2 Å². The molecule has 1 fully saturated rings. The van der Waals surface area contributed by atoms with Crippen molar-refractivity contribution in [1.82, 2.24) is 9.55 Å². The van der Waals surface area contributed by atoms with Crippen molar-refractivity contribution in [2.45, 2.75) is 69.3 Å². The van der Waals surface area contributed by atoms with Crippen LogP contribution in [0.2, 0.25) is 0 Å². The zero-order valence-corrected chi connectivity index (χ0v) is 15.5. The number of nitrogens with one attached hydrogen (secondary N) is 1. The van der Waals surface area contributed by atoms with Gasteiger partial charge in [-0.1, -0.05) is 12.8 Å². The number of aromatic nitrogens is 2. The molecular formula is C17H24N2O4S. The van der Waals surface area contributed by atoms with Crippen LogP contribution in [0.25, 0.3) is 0 Å². The number of rotatable bonds is 3. The normalized spacial score (nSPS) is 28.5. The summed E-state index contributed by atoms with van der Waals surface area (Å²) in [6.45, 7) is 9.18. The van der Waals surface area contributed by atoms with Gasteiger partial charge in [-0.3, -0.25) is 14.3 Å². The van der Waals surface area contributed by atoms with Crippen LogP contribution in [0.1, 0.15) is 52.3 Å². The lowest BCUT2D eigenvalue weighted by Gasteiger charge is -2.35. The predicted octanol–water partition coefficient (Wildman–Crippen LogP) is 1.46. The first-order valence-corrected chi connectivity index (χ1v) is 9.15. The van der Waals surface area contributed by atoms with Gasteiger partial charge in [0.2, 0.25) is 0 Å². The van der Waals surface area contributed by atoms with Crippen molar-refractivity contribution < 1.29 is 9.29 Å². The molecule has 0 spiro atoms. The average molecular weight is 352 g/mol. The fourth-order valence-corrected chi connectivity index (χ4v) is 4.77. The van der Waals surface area contributed by atoms with E-state index in [1.165, 1.54) is 10.8 Å². The van der Waals surface area contributed by atoms with Gasteiger partial charge in [0.05, 0.1) is 0 Å². The van der Waals surface area contributed by atoms with Crippen LogP contribution < -0.4 is 11.2 Å². The highest BCUT2D eigenvalue weighted by molar-refractivity contribution is 7.93. The Morgan fingerprint density at radius 2 is 2.17 bits per heavy atom. The SMILES string of the molecule is C#C[C@]1(CC)O[C@@H](n2cc(C)c(=O)[nH]c2=O)C[C@H]1[S+]([O-])C(C)(C)C. The van der Waals surface area contributed by atoms with Crippen molar-refractivity contribution in [2.75, 3.05) is 0 Å². The summed E-state index contributed by atoms with van der Waals surface area (Å²) in [6.07, 6.45) is 7.38. The summed E-state index contributed by atoms with van der Waals surface area (Å²) in [7, 11) is 0. The number of H-pyrrole nitrogens is 1. The van der Waals surface area contributed by atoms with Gasteiger partial charge in [0.25, 0.3) is 5.56 Å². The minimum absolute atomic E-state index is 0.354. The molecule has 1 N–H and O–H groups in total. The van der Waals surface area contributed by atoms with Crippen LogP contribution in [0, 0.1) is 19.3 Å². The maximum Gasteiger partial charge on any atom is 0.330 e. The largest absolute Gasteiger partial charge is 0.616 e. The average Bonchev–Trinajstić information content (AvgIpc) is 2.89. The van der Waals surface area contributed by atoms with Crippen molar-refractivity contribution in [2.24, 2.45) is 0 Å². The third kappa shape index (κ3) is 3.18. The lowest BCUT2D eigenvalue weighted by molar-refractivity contribution is -0.0407. The summed E-state index contributed by atoms with van der Waals surface area (Å²) in [4.78, 5) is 26.0. The number of aromatic amines is 1. The van der Waals surface area contributed by atoms with E-state index in [1.807, 2.05) is 27.7 Å². The van der Waals surface area contributed by atoms with E-state index < -0.39 is 44.3 Å². The molecule has 1 aromatic heterocycles. The molecule has 0 saturated carbocycles. The molecule has 1 aromatic rings. The molecule has 0 radical (unpaired) electrons. The molecule has 7 heteroatoms. The Morgan fingerprint density at radius 3 is 2.67 bits per heavy atom. The second-order valence-corrected chi connectivity index (χ2v) is 9.46. The maximum atomic E-state index is 13.0. The highest BCUT2D eigenvalue weighted by Crippen LogP contribution is 2.44. The van der Waals surface area contributed by atoms with E-state index in [9.17, 15) is 14.1 Å². The van der Waals surface area contributed by atoms with Gasteiger partial charge in [0.15, 0.2) is 10.9 Å². The highest BCUT2D eigenvalue weighted by Gasteiger charge is 2.56. The van der Waals surface area contributed by atoms with Gasteiger partial charge in [0, 0.05) is 18.2 Å². The minimum atomic E-state index is -1.25. The smallest absolute Gasteiger partial charge is 0.330 e. The number of hydrogen-bond acceptors (Lipinski definition) is 4. The molecule has 132 valence electrons. The summed E-state index contributed by atoms with van der Waals surface area (Å²) in [6, 6.07) is 0. The van der Waals surface area contributed by atoms with E-state index in [0.29, 0.717) is 18.4 Å². The molecule has 2 rings (SSSR count). The number of ether oxygens (including phenoxy) is 1. The second kappa shape index (κ2) is 6.43. The molecule has 6 nitrogen and oxygen atoms in total. The van der Waals surface area contributed by atoms with Gasteiger partial charge in [0.1, 0.15) is 11.0 Å². The van der Waals surface area contributed by atoms with Gasteiger partial charge in [-0.25, -0.2) is 4.79 Å². The van der Waals surface area contributed by atoms with Crippen LogP contribution in [0.4, 0.5) is 0 Å². The molecule has 0 aliphatic carbocycles. The number of hydrogen-bond donors (Lipinski definition) is 1. The highest BCUT2D eigenvalue weighted by atomic mass is 32.2. The Labute approximate surface area is 144 Å². The van der Waals surface area contributed by atoms with E-state index >= 15 is 0 Å². The molecule has 0 amide bonds. The van der Waals surface area contributed by atoms with E-state index in [0.717, 1.165) is 0 Å². The first-order chi connectivity index (χ1) is 11.1. The third-order valence-corrected chi connectivity index (χ3v) is 6.67. The zero-order chi connectivity index (χ0) is 18.3. The summed E-state index contributed by atoms with van der Waals surface area (Å²) >= 11 is -1.25. The Bertz CT molecular complexity index is 771. The van der Waals surface area contributed by atoms with Crippen molar-refractivity contribution in [1.29, 1.82) is 0 Å². The third-order valence-electron chi connectivity index (χ3n) is 4.37. The van der Waals surface area contributed by atoms with E-state index in [1.54, 1.807) is 6.92 Å². The lowest BCUT2D eigenvalue weighted by Crippen LogP contribution is -2.48. The van der Waals surface area contributed by atoms with Crippen LogP contribution in [0.15, 0.2) is 15.8 Å². The molecular weight excluding hydrogens is 328 g/mol. The van der Waals surface area contributed by atoms with Crippen LogP contribution in [0.3, 0.4) is 0 Å². The molecule has 4 atom stereocenters. The Morgan fingerprint density at radius 1 is 1.54 bits per heavy atom. The van der Waals surface area contributed by atoms with Crippen molar-refractivity contribution in [3.05, 3.63) is 32.6 Å². The van der Waals surface area contributed by atoms with E-state index in [-0.39, 0.29) is 0 Å². The van der Waals surface area contributed by atoms with Gasteiger partial charge in [-0.15, -0.1) is 6.42 Å². The maximum absolute atomic E-state index is 13.0. The quantitative estimate of drug-likeness (QED) is 0.659. The van der Waals surface area contributed by atoms with Crippen molar-refractivity contribution in [3.63, 3.8) is 0 Å². The number of aryl methyl sites for hydroxylation is 1. The molecule has 1 aliphatic heterocycles. The second-order valence-electron chi connectivity index (χ2n) is 7.07. The van der Waals surface area contributed by atoms with Gasteiger partial charge < -0.3 is 9.29 Å². The zero-order valence-electron chi connectivity index (χ0n) is 14.7. The molecule has 2 heterocycles. The van der Waals surface area contributed by atoms with Crippen LogP contribution >= 0.6 is 0 Å². The fourth-order valence-electron chi connectivity index (χ4n) is 2.94. The molecule has 1 unspecified atom stereocenters. The van der Waals surface area contributed by atoms with Crippen LogP contribution in [0.5, 0.6) is 0 Å². The van der Waals surface area contributed by atoms with Crippen molar-refractivity contribution in [3.8, 4) is 12.3 Å².